The molecule has 0 amide bonds. The molecular formula is C11H12N4O3. The van der Waals surface area contributed by atoms with E-state index >= 15 is 0 Å². The van der Waals surface area contributed by atoms with Gasteiger partial charge in [-0.2, -0.15) is 10.1 Å². The molecule has 0 unspecified atom stereocenters. The maximum atomic E-state index is 10.5. The number of hydrogen-bond acceptors (Lipinski definition) is 5. The SMILES string of the molecule is Cc1nc(-n2cccn2)nc(OCC(=O)O)c1C. The fourth-order valence-corrected chi connectivity index (χ4v) is 1.35. The summed E-state index contributed by atoms with van der Waals surface area (Å²) in [5.41, 5.74) is 1.43. The molecule has 7 heteroatoms. The molecule has 0 radical (unpaired) electrons. The standard InChI is InChI=1S/C11H12N4O3/c1-7-8(2)13-11(15-5-3-4-12-15)14-10(7)18-6-9(16)17/h3-5H,6H2,1-2H3,(H,16,17). The van der Waals surface area contributed by atoms with Crippen LogP contribution in [0.4, 0.5) is 0 Å². The topological polar surface area (TPSA) is 90.1 Å². The molecule has 0 saturated carbocycles. The Labute approximate surface area is 103 Å². The molecule has 0 aliphatic rings. The second kappa shape index (κ2) is 4.82. The maximum absolute atomic E-state index is 10.5. The Hall–Kier alpha value is -2.44. The predicted molar refractivity (Wildman–Crippen MR) is 61.8 cm³/mol. The second-order valence-electron chi connectivity index (χ2n) is 3.67. The third-order valence-electron chi connectivity index (χ3n) is 2.37. The average Bonchev–Trinajstić information content (AvgIpc) is 2.84. The average molecular weight is 248 g/mol. The Bertz CT molecular complexity index is 566. The van der Waals surface area contributed by atoms with E-state index in [4.69, 9.17) is 9.84 Å². The minimum absolute atomic E-state index is 0.260. The Morgan fingerprint density at radius 2 is 2.22 bits per heavy atom. The molecule has 2 aromatic rings. The van der Waals surface area contributed by atoms with Crippen molar-refractivity contribution in [2.24, 2.45) is 0 Å². The lowest BCUT2D eigenvalue weighted by molar-refractivity contribution is -0.139. The summed E-state index contributed by atoms with van der Waals surface area (Å²) >= 11 is 0. The third kappa shape index (κ3) is 2.45. The molecule has 0 spiro atoms. The Balaban J connectivity index is 2.37. The number of carboxylic acid groups (broad SMARTS) is 1. The van der Waals surface area contributed by atoms with E-state index in [0.717, 1.165) is 5.69 Å². The molecule has 18 heavy (non-hydrogen) atoms. The molecule has 7 nitrogen and oxygen atoms in total. The van der Waals surface area contributed by atoms with E-state index in [1.54, 1.807) is 32.3 Å². The molecule has 0 atom stereocenters. The molecule has 94 valence electrons. The quantitative estimate of drug-likeness (QED) is 0.858. The van der Waals surface area contributed by atoms with Crippen molar-refractivity contribution in [2.45, 2.75) is 13.8 Å². The van der Waals surface area contributed by atoms with Crippen LogP contribution >= 0.6 is 0 Å². The summed E-state index contributed by atoms with van der Waals surface area (Å²) in [4.78, 5) is 18.9. The zero-order chi connectivity index (χ0) is 13.1. The van der Waals surface area contributed by atoms with Crippen LogP contribution < -0.4 is 4.74 Å². The highest BCUT2D eigenvalue weighted by atomic mass is 16.5. The van der Waals surface area contributed by atoms with Gasteiger partial charge in [-0.3, -0.25) is 0 Å². The molecule has 0 bridgehead atoms. The van der Waals surface area contributed by atoms with E-state index in [1.165, 1.54) is 4.68 Å². The van der Waals surface area contributed by atoms with Gasteiger partial charge in [0.2, 0.25) is 5.88 Å². The summed E-state index contributed by atoms with van der Waals surface area (Å²) in [5, 5.41) is 12.6. The first-order valence-corrected chi connectivity index (χ1v) is 5.28. The number of aliphatic carboxylic acids is 1. The normalized spacial score (nSPS) is 10.3. The van der Waals surface area contributed by atoms with Crippen LogP contribution in [0.2, 0.25) is 0 Å². The highest BCUT2D eigenvalue weighted by Crippen LogP contribution is 2.18. The van der Waals surface area contributed by atoms with Crippen LogP contribution in [0.5, 0.6) is 5.88 Å². The Morgan fingerprint density at radius 3 is 2.83 bits per heavy atom. The van der Waals surface area contributed by atoms with Gasteiger partial charge in [0.05, 0.1) is 0 Å². The summed E-state index contributed by atoms with van der Waals surface area (Å²) in [7, 11) is 0. The van der Waals surface area contributed by atoms with E-state index < -0.39 is 12.6 Å². The maximum Gasteiger partial charge on any atom is 0.341 e. The number of aryl methyl sites for hydroxylation is 1. The lowest BCUT2D eigenvalue weighted by atomic mass is 10.2. The highest BCUT2D eigenvalue weighted by molar-refractivity contribution is 5.68. The predicted octanol–water partition coefficient (Wildman–Crippen LogP) is 0.743. The molecule has 2 rings (SSSR count). The minimum atomic E-state index is -1.05. The van der Waals surface area contributed by atoms with Crippen LogP contribution in [-0.2, 0) is 4.79 Å². The number of rotatable bonds is 4. The summed E-state index contributed by atoms with van der Waals surface area (Å²) < 4.78 is 6.61. The van der Waals surface area contributed by atoms with Crippen molar-refractivity contribution in [3.63, 3.8) is 0 Å². The number of hydrogen-bond donors (Lipinski definition) is 1. The molecule has 0 aromatic carbocycles. The van der Waals surface area contributed by atoms with Gasteiger partial charge in [0.15, 0.2) is 6.61 Å². The Morgan fingerprint density at radius 1 is 1.44 bits per heavy atom. The monoisotopic (exact) mass is 248 g/mol. The molecule has 0 aliphatic carbocycles. The van der Waals surface area contributed by atoms with Gasteiger partial charge in [0.1, 0.15) is 0 Å². The van der Waals surface area contributed by atoms with E-state index in [1.807, 2.05) is 0 Å². The summed E-state index contributed by atoms with van der Waals surface area (Å²) in [6.45, 7) is 3.15. The van der Waals surface area contributed by atoms with Gasteiger partial charge in [-0.15, -0.1) is 0 Å². The summed E-state index contributed by atoms with van der Waals surface area (Å²) in [6.07, 6.45) is 3.31. The molecular weight excluding hydrogens is 236 g/mol. The molecule has 2 heterocycles. The van der Waals surface area contributed by atoms with Crippen LogP contribution in [0.3, 0.4) is 0 Å². The first-order chi connectivity index (χ1) is 8.58. The molecule has 2 aromatic heterocycles. The van der Waals surface area contributed by atoms with Crippen LogP contribution in [-0.4, -0.2) is 37.4 Å². The molecule has 0 aliphatic heterocycles. The minimum Gasteiger partial charge on any atom is -0.479 e. The van der Waals surface area contributed by atoms with Crippen LogP contribution in [0.1, 0.15) is 11.3 Å². The van der Waals surface area contributed by atoms with Gasteiger partial charge >= 0.3 is 5.97 Å². The van der Waals surface area contributed by atoms with Gasteiger partial charge in [0, 0.05) is 23.7 Å². The van der Waals surface area contributed by atoms with Crippen molar-refractivity contribution in [1.29, 1.82) is 0 Å². The zero-order valence-corrected chi connectivity index (χ0v) is 9.99. The second-order valence-corrected chi connectivity index (χ2v) is 3.67. The summed E-state index contributed by atoms with van der Waals surface area (Å²) in [6, 6.07) is 1.75. The van der Waals surface area contributed by atoms with Crippen molar-refractivity contribution in [3.05, 3.63) is 29.7 Å². The largest absolute Gasteiger partial charge is 0.479 e. The van der Waals surface area contributed by atoms with Crippen molar-refractivity contribution < 1.29 is 14.6 Å². The Kier molecular flexibility index (Phi) is 3.22. The van der Waals surface area contributed by atoms with Crippen molar-refractivity contribution in [2.75, 3.05) is 6.61 Å². The number of aromatic nitrogens is 4. The van der Waals surface area contributed by atoms with Crippen molar-refractivity contribution in [1.82, 2.24) is 19.7 Å². The van der Waals surface area contributed by atoms with Gasteiger partial charge in [-0.05, 0) is 19.9 Å². The van der Waals surface area contributed by atoms with E-state index in [2.05, 4.69) is 15.1 Å². The van der Waals surface area contributed by atoms with Crippen molar-refractivity contribution >= 4 is 5.97 Å². The highest BCUT2D eigenvalue weighted by Gasteiger charge is 2.11. The lowest BCUT2D eigenvalue weighted by Crippen LogP contribution is -2.13. The summed E-state index contributed by atoms with van der Waals surface area (Å²) in [5.74, 6) is -0.440. The molecule has 0 fully saturated rings. The number of carbonyl (C=O) groups is 1. The van der Waals surface area contributed by atoms with Crippen LogP contribution in [0, 0.1) is 13.8 Å². The van der Waals surface area contributed by atoms with Crippen molar-refractivity contribution in [3.8, 4) is 11.8 Å². The van der Waals surface area contributed by atoms with Gasteiger partial charge in [-0.1, -0.05) is 0 Å². The smallest absolute Gasteiger partial charge is 0.341 e. The zero-order valence-electron chi connectivity index (χ0n) is 9.99. The fraction of sp³-hybridized carbons (Fsp3) is 0.273. The molecule has 1 N–H and O–H groups in total. The fourth-order valence-electron chi connectivity index (χ4n) is 1.35. The van der Waals surface area contributed by atoms with Crippen LogP contribution in [0.25, 0.3) is 5.95 Å². The number of ether oxygens (including phenoxy) is 1. The molecule has 0 saturated heterocycles. The third-order valence-corrected chi connectivity index (χ3v) is 2.37. The van der Waals surface area contributed by atoms with Crippen LogP contribution in [0.15, 0.2) is 18.5 Å². The number of carboxylic acids is 1. The lowest BCUT2D eigenvalue weighted by Gasteiger charge is -2.09. The van der Waals surface area contributed by atoms with E-state index in [-0.39, 0.29) is 5.88 Å². The van der Waals surface area contributed by atoms with E-state index in [0.29, 0.717) is 11.5 Å². The number of nitrogens with zero attached hydrogens (tertiary/aromatic N) is 4. The van der Waals surface area contributed by atoms with Gasteiger partial charge in [-0.25, -0.2) is 14.5 Å². The van der Waals surface area contributed by atoms with Gasteiger partial charge < -0.3 is 9.84 Å². The van der Waals surface area contributed by atoms with E-state index in [9.17, 15) is 4.79 Å². The first-order valence-electron chi connectivity index (χ1n) is 5.28. The van der Waals surface area contributed by atoms with Gasteiger partial charge in [0.25, 0.3) is 5.95 Å². The first kappa shape index (κ1) is 12.0.